The summed E-state index contributed by atoms with van der Waals surface area (Å²) in [4.78, 5) is 16.1. The molecule has 0 bridgehead atoms. The second-order valence-electron chi connectivity index (χ2n) is 4.79. The monoisotopic (exact) mass is 272 g/mol. The second kappa shape index (κ2) is 5.83. The van der Waals surface area contributed by atoms with Crippen LogP contribution in [0.25, 0.3) is 0 Å². The molecule has 1 atom stereocenters. The van der Waals surface area contributed by atoms with Crippen LogP contribution in [0, 0.1) is 0 Å². The summed E-state index contributed by atoms with van der Waals surface area (Å²) in [5.41, 5.74) is 2.10. The Balaban J connectivity index is 1.57. The van der Waals surface area contributed by atoms with Gasteiger partial charge in [-0.3, -0.25) is 4.79 Å². The third-order valence-electron chi connectivity index (χ3n) is 3.44. The normalized spacial score (nSPS) is 18.2. The number of aryl methyl sites for hydroxylation is 1. The molecule has 0 saturated carbocycles. The third-order valence-corrected chi connectivity index (χ3v) is 3.44. The van der Waals surface area contributed by atoms with E-state index in [2.05, 4.69) is 31.4 Å². The van der Waals surface area contributed by atoms with Crippen molar-refractivity contribution in [2.24, 2.45) is 0 Å². The van der Waals surface area contributed by atoms with Crippen LogP contribution in [0.15, 0.2) is 35.2 Å². The Kier molecular flexibility index (Phi) is 3.73. The lowest BCUT2D eigenvalue weighted by atomic mass is 10.1. The maximum atomic E-state index is 12.1. The zero-order valence-corrected chi connectivity index (χ0v) is 11.0. The summed E-state index contributed by atoms with van der Waals surface area (Å²) in [6, 6.07) is 7.74. The summed E-state index contributed by atoms with van der Waals surface area (Å²) in [6.07, 6.45) is 3.63. The number of benzene rings is 1. The minimum atomic E-state index is -0.186. The molecule has 3 rings (SSSR count). The number of nitrogens with zero attached hydrogens (tertiary/aromatic N) is 2. The van der Waals surface area contributed by atoms with Gasteiger partial charge in [-0.05, 0) is 24.5 Å². The molecule has 1 amide bonds. The molecule has 6 heteroatoms. The van der Waals surface area contributed by atoms with Crippen molar-refractivity contribution in [2.45, 2.75) is 25.3 Å². The standard InChI is InChI=1S/C14H16N4O2/c19-14-12(15-8-7-13-16-9-20-18-13)6-5-10-3-1-2-4-11(10)17-14/h1-4,9,12,15H,5-8H2,(H,17,19). The van der Waals surface area contributed by atoms with Crippen LogP contribution >= 0.6 is 0 Å². The number of aromatic nitrogens is 2. The summed E-state index contributed by atoms with van der Waals surface area (Å²) >= 11 is 0. The number of rotatable bonds is 4. The van der Waals surface area contributed by atoms with E-state index < -0.39 is 0 Å². The predicted molar refractivity (Wildman–Crippen MR) is 73.2 cm³/mol. The van der Waals surface area contributed by atoms with E-state index in [-0.39, 0.29) is 11.9 Å². The fourth-order valence-electron chi connectivity index (χ4n) is 2.37. The number of carbonyl (C=O) groups excluding carboxylic acids is 1. The lowest BCUT2D eigenvalue weighted by molar-refractivity contribution is -0.118. The minimum Gasteiger partial charge on any atom is -0.343 e. The van der Waals surface area contributed by atoms with Gasteiger partial charge in [0, 0.05) is 18.7 Å². The molecule has 2 heterocycles. The van der Waals surface area contributed by atoms with Gasteiger partial charge in [0.15, 0.2) is 5.82 Å². The average Bonchev–Trinajstić information content (AvgIpc) is 2.91. The molecule has 1 unspecified atom stereocenters. The van der Waals surface area contributed by atoms with E-state index in [1.165, 1.54) is 12.0 Å². The van der Waals surface area contributed by atoms with E-state index in [0.717, 1.165) is 18.5 Å². The molecule has 1 aliphatic rings. The Bertz CT molecular complexity index is 583. The Hall–Kier alpha value is -2.21. The van der Waals surface area contributed by atoms with Gasteiger partial charge in [-0.15, -0.1) is 0 Å². The van der Waals surface area contributed by atoms with Crippen LogP contribution in [-0.4, -0.2) is 28.6 Å². The second-order valence-corrected chi connectivity index (χ2v) is 4.79. The molecule has 20 heavy (non-hydrogen) atoms. The minimum absolute atomic E-state index is 0.0167. The molecule has 1 aromatic carbocycles. The first-order valence-corrected chi connectivity index (χ1v) is 6.70. The number of hydrogen-bond donors (Lipinski definition) is 2. The topological polar surface area (TPSA) is 80.0 Å². The molecule has 2 aromatic rings. The number of carbonyl (C=O) groups is 1. The first-order chi connectivity index (χ1) is 9.83. The fraction of sp³-hybridized carbons (Fsp3) is 0.357. The van der Waals surface area contributed by atoms with E-state index in [4.69, 9.17) is 0 Å². The van der Waals surface area contributed by atoms with E-state index in [0.29, 0.717) is 18.8 Å². The van der Waals surface area contributed by atoms with Crippen LogP contribution < -0.4 is 10.6 Å². The van der Waals surface area contributed by atoms with Gasteiger partial charge in [-0.25, -0.2) is 0 Å². The van der Waals surface area contributed by atoms with Gasteiger partial charge < -0.3 is 15.2 Å². The van der Waals surface area contributed by atoms with Crippen LogP contribution in [0.5, 0.6) is 0 Å². The number of amides is 1. The highest BCUT2D eigenvalue weighted by atomic mass is 16.5. The van der Waals surface area contributed by atoms with Gasteiger partial charge in [0.1, 0.15) is 0 Å². The SMILES string of the molecule is O=C1Nc2ccccc2CCC1NCCc1ncon1. The summed E-state index contributed by atoms with van der Waals surface area (Å²) in [6.45, 7) is 0.647. The lowest BCUT2D eigenvalue weighted by Crippen LogP contribution is -2.40. The first-order valence-electron chi connectivity index (χ1n) is 6.70. The molecular formula is C14H16N4O2. The quantitative estimate of drug-likeness (QED) is 0.873. The van der Waals surface area contributed by atoms with E-state index >= 15 is 0 Å². The molecule has 104 valence electrons. The number of para-hydroxylation sites is 1. The summed E-state index contributed by atoms with van der Waals surface area (Å²) in [7, 11) is 0. The molecule has 1 aliphatic heterocycles. The summed E-state index contributed by atoms with van der Waals surface area (Å²) in [5.74, 6) is 0.665. The zero-order chi connectivity index (χ0) is 13.8. The number of hydrogen-bond acceptors (Lipinski definition) is 5. The largest absolute Gasteiger partial charge is 0.343 e. The van der Waals surface area contributed by atoms with Crippen LogP contribution in [0.1, 0.15) is 17.8 Å². The molecule has 0 fully saturated rings. The van der Waals surface area contributed by atoms with Crippen molar-refractivity contribution in [3.63, 3.8) is 0 Å². The molecular weight excluding hydrogens is 256 g/mol. The molecule has 0 aliphatic carbocycles. The highest BCUT2D eigenvalue weighted by Gasteiger charge is 2.22. The highest BCUT2D eigenvalue weighted by molar-refractivity contribution is 5.96. The predicted octanol–water partition coefficient (Wildman–Crippen LogP) is 1.16. The third kappa shape index (κ3) is 2.85. The van der Waals surface area contributed by atoms with Gasteiger partial charge in [-0.1, -0.05) is 23.4 Å². The lowest BCUT2D eigenvalue weighted by Gasteiger charge is -2.14. The first kappa shape index (κ1) is 12.8. The fourth-order valence-corrected chi connectivity index (χ4v) is 2.37. The highest BCUT2D eigenvalue weighted by Crippen LogP contribution is 2.21. The molecule has 6 nitrogen and oxygen atoms in total. The zero-order valence-electron chi connectivity index (χ0n) is 11.0. The Morgan fingerprint density at radius 1 is 1.40 bits per heavy atom. The molecule has 1 aromatic heterocycles. The Labute approximate surface area is 116 Å². The number of anilines is 1. The summed E-state index contributed by atoms with van der Waals surface area (Å²) in [5, 5.41) is 9.96. The Morgan fingerprint density at radius 2 is 2.30 bits per heavy atom. The molecule has 0 spiro atoms. The van der Waals surface area contributed by atoms with Crippen LogP contribution in [0.3, 0.4) is 0 Å². The van der Waals surface area contributed by atoms with Gasteiger partial charge in [-0.2, -0.15) is 4.98 Å². The smallest absolute Gasteiger partial charge is 0.241 e. The maximum Gasteiger partial charge on any atom is 0.241 e. The van der Waals surface area contributed by atoms with E-state index in [1.807, 2.05) is 18.2 Å². The van der Waals surface area contributed by atoms with E-state index in [1.54, 1.807) is 0 Å². The van der Waals surface area contributed by atoms with Gasteiger partial charge in [0.05, 0.1) is 6.04 Å². The van der Waals surface area contributed by atoms with Crippen LogP contribution in [0.4, 0.5) is 5.69 Å². The van der Waals surface area contributed by atoms with E-state index in [9.17, 15) is 4.79 Å². The van der Waals surface area contributed by atoms with Crippen molar-refractivity contribution < 1.29 is 9.32 Å². The van der Waals surface area contributed by atoms with Crippen molar-refractivity contribution in [3.05, 3.63) is 42.0 Å². The maximum absolute atomic E-state index is 12.1. The Morgan fingerprint density at radius 3 is 3.15 bits per heavy atom. The van der Waals surface area contributed by atoms with Crippen LogP contribution in [0.2, 0.25) is 0 Å². The molecule has 2 N–H and O–H groups in total. The van der Waals surface area contributed by atoms with Crippen molar-refractivity contribution in [3.8, 4) is 0 Å². The van der Waals surface area contributed by atoms with Crippen molar-refractivity contribution in [1.82, 2.24) is 15.5 Å². The number of fused-ring (bicyclic) bond motifs is 1. The van der Waals surface area contributed by atoms with Gasteiger partial charge in [0.25, 0.3) is 0 Å². The molecule has 0 radical (unpaired) electrons. The number of nitrogens with one attached hydrogen (secondary N) is 2. The summed E-state index contributed by atoms with van der Waals surface area (Å²) < 4.78 is 4.67. The van der Waals surface area contributed by atoms with Crippen molar-refractivity contribution in [2.75, 3.05) is 11.9 Å². The van der Waals surface area contributed by atoms with Crippen LogP contribution in [-0.2, 0) is 17.6 Å². The molecule has 0 saturated heterocycles. The van der Waals surface area contributed by atoms with Gasteiger partial charge >= 0.3 is 0 Å². The van der Waals surface area contributed by atoms with Gasteiger partial charge in [0.2, 0.25) is 12.3 Å². The average molecular weight is 272 g/mol. The van der Waals surface area contributed by atoms with Crippen molar-refractivity contribution >= 4 is 11.6 Å². The van der Waals surface area contributed by atoms with Crippen molar-refractivity contribution in [1.29, 1.82) is 0 Å².